The molecule has 0 aromatic carbocycles. The molecule has 0 aromatic rings. The minimum absolute atomic E-state index is 0.215. The second-order valence-electron chi connectivity index (χ2n) is 5.82. The molecule has 0 N–H and O–H groups in total. The van der Waals surface area contributed by atoms with Gasteiger partial charge in [-0.15, -0.1) is 0 Å². The Morgan fingerprint density at radius 1 is 1.18 bits per heavy atom. The van der Waals surface area contributed by atoms with Crippen molar-refractivity contribution in [2.75, 3.05) is 39.8 Å². The Hall–Kier alpha value is -0.610. The predicted octanol–water partition coefficient (Wildman–Crippen LogP) is 0.575. The SMILES string of the molecule is CN1CCOC(C(=O)N2CC3CCCC3C2)C1. The maximum absolute atomic E-state index is 12.4. The smallest absolute Gasteiger partial charge is 0.253 e. The van der Waals surface area contributed by atoms with Crippen LogP contribution in [-0.4, -0.2) is 61.6 Å². The van der Waals surface area contributed by atoms with Crippen molar-refractivity contribution in [3.8, 4) is 0 Å². The zero-order valence-corrected chi connectivity index (χ0v) is 10.6. The first kappa shape index (κ1) is 11.5. The lowest BCUT2D eigenvalue weighted by molar-refractivity contribution is -0.148. The third-order valence-electron chi connectivity index (χ3n) is 4.58. The first-order chi connectivity index (χ1) is 8.24. The van der Waals surface area contributed by atoms with Gasteiger partial charge >= 0.3 is 0 Å². The fourth-order valence-electron chi connectivity index (χ4n) is 3.55. The average molecular weight is 238 g/mol. The van der Waals surface area contributed by atoms with Crippen LogP contribution >= 0.6 is 0 Å². The maximum Gasteiger partial charge on any atom is 0.253 e. The van der Waals surface area contributed by atoms with Gasteiger partial charge in [0.1, 0.15) is 6.10 Å². The monoisotopic (exact) mass is 238 g/mol. The lowest BCUT2D eigenvalue weighted by atomic mass is 10.0. The molecule has 1 amide bonds. The third kappa shape index (κ3) is 2.20. The van der Waals surface area contributed by atoms with Crippen LogP contribution in [0.1, 0.15) is 19.3 Å². The minimum atomic E-state index is -0.215. The van der Waals surface area contributed by atoms with Crippen molar-refractivity contribution >= 4 is 5.91 Å². The third-order valence-corrected chi connectivity index (χ3v) is 4.58. The molecule has 3 atom stereocenters. The summed E-state index contributed by atoms with van der Waals surface area (Å²) in [5.74, 6) is 1.78. The Labute approximate surface area is 103 Å². The Balaban J connectivity index is 1.59. The highest BCUT2D eigenvalue weighted by molar-refractivity contribution is 5.81. The van der Waals surface area contributed by atoms with E-state index in [0.717, 1.165) is 38.0 Å². The number of fused-ring (bicyclic) bond motifs is 1. The largest absolute Gasteiger partial charge is 0.366 e. The molecule has 17 heavy (non-hydrogen) atoms. The summed E-state index contributed by atoms with van der Waals surface area (Å²) in [5.41, 5.74) is 0. The standard InChI is InChI=1S/C13H22N2O2/c1-14-5-6-17-12(9-14)13(16)15-7-10-3-2-4-11(10)8-15/h10-12H,2-9H2,1H3. The van der Waals surface area contributed by atoms with Gasteiger partial charge in [-0.05, 0) is 31.7 Å². The molecule has 0 bridgehead atoms. The number of nitrogens with zero attached hydrogens (tertiary/aromatic N) is 2. The zero-order chi connectivity index (χ0) is 11.8. The highest BCUT2D eigenvalue weighted by Gasteiger charge is 2.40. The van der Waals surface area contributed by atoms with Gasteiger partial charge in [-0.1, -0.05) is 6.42 Å². The van der Waals surface area contributed by atoms with Crippen LogP contribution in [0.3, 0.4) is 0 Å². The van der Waals surface area contributed by atoms with Gasteiger partial charge in [0.25, 0.3) is 5.91 Å². The molecule has 1 aliphatic carbocycles. The van der Waals surface area contributed by atoms with E-state index in [-0.39, 0.29) is 12.0 Å². The van der Waals surface area contributed by atoms with E-state index in [0.29, 0.717) is 6.61 Å². The topological polar surface area (TPSA) is 32.8 Å². The molecule has 3 rings (SSSR count). The number of morpholine rings is 1. The van der Waals surface area contributed by atoms with Crippen LogP contribution in [0.4, 0.5) is 0 Å². The molecule has 0 radical (unpaired) electrons. The van der Waals surface area contributed by atoms with E-state index >= 15 is 0 Å². The summed E-state index contributed by atoms with van der Waals surface area (Å²) < 4.78 is 5.61. The van der Waals surface area contributed by atoms with Crippen molar-refractivity contribution in [3.63, 3.8) is 0 Å². The Morgan fingerprint density at radius 3 is 2.53 bits per heavy atom. The summed E-state index contributed by atoms with van der Waals surface area (Å²) in [6.45, 7) is 4.34. The predicted molar refractivity (Wildman–Crippen MR) is 64.6 cm³/mol. The van der Waals surface area contributed by atoms with Crippen LogP contribution in [0.15, 0.2) is 0 Å². The van der Waals surface area contributed by atoms with Crippen LogP contribution < -0.4 is 0 Å². The molecule has 2 heterocycles. The number of hydrogen-bond donors (Lipinski definition) is 0. The van der Waals surface area contributed by atoms with E-state index in [1.807, 2.05) is 0 Å². The average Bonchev–Trinajstić information content (AvgIpc) is 2.88. The molecular formula is C13H22N2O2. The summed E-state index contributed by atoms with van der Waals surface area (Å²) in [5, 5.41) is 0. The minimum Gasteiger partial charge on any atom is -0.366 e. The van der Waals surface area contributed by atoms with Crippen LogP contribution in [0, 0.1) is 11.8 Å². The highest BCUT2D eigenvalue weighted by atomic mass is 16.5. The van der Waals surface area contributed by atoms with Gasteiger partial charge < -0.3 is 14.5 Å². The highest BCUT2D eigenvalue weighted by Crippen LogP contribution is 2.37. The number of rotatable bonds is 1. The second-order valence-corrected chi connectivity index (χ2v) is 5.82. The van der Waals surface area contributed by atoms with Gasteiger partial charge in [0, 0.05) is 26.2 Å². The van der Waals surface area contributed by atoms with Crippen molar-refractivity contribution < 1.29 is 9.53 Å². The molecule has 4 nitrogen and oxygen atoms in total. The Kier molecular flexibility index (Phi) is 3.09. The maximum atomic E-state index is 12.4. The zero-order valence-electron chi connectivity index (χ0n) is 10.6. The Bertz CT molecular complexity index is 296. The van der Waals surface area contributed by atoms with Gasteiger partial charge in [0.15, 0.2) is 0 Å². The molecule has 2 aliphatic heterocycles. The van der Waals surface area contributed by atoms with E-state index in [9.17, 15) is 4.79 Å². The first-order valence-electron chi connectivity index (χ1n) is 6.83. The molecule has 4 heteroatoms. The van der Waals surface area contributed by atoms with E-state index in [2.05, 4.69) is 16.8 Å². The van der Waals surface area contributed by atoms with Crippen molar-refractivity contribution in [1.82, 2.24) is 9.80 Å². The number of likely N-dealkylation sites (N-methyl/N-ethyl adjacent to an activating group) is 1. The number of likely N-dealkylation sites (tertiary alicyclic amines) is 1. The van der Waals surface area contributed by atoms with Crippen molar-refractivity contribution in [2.24, 2.45) is 11.8 Å². The molecule has 1 saturated carbocycles. The van der Waals surface area contributed by atoms with Crippen molar-refractivity contribution in [1.29, 1.82) is 0 Å². The summed E-state index contributed by atoms with van der Waals surface area (Å²) in [4.78, 5) is 16.6. The van der Waals surface area contributed by atoms with Gasteiger partial charge in [-0.3, -0.25) is 4.79 Å². The van der Waals surface area contributed by atoms with E-state index in [1.54, 1.807) is 0 Å². The van der Waals surface area contributed by atoms with Crippen LogP contribution in [0.2, 0.25) is 0 Å². The lowest BCUT2D eigenvalue weighted by Gasteiger charge is -2.31. The number of carbonyl (C=O) groups is 1. The molecule has 0 aromatic heterocycles. The number of carbonyl (C=O) groups excluding carboxylic acids is 1. The molecule has 3 aliphatic rings. The normalized spacial score (nSPS) is 38.4. The van der Waals surface area contributed by atoms with E-state index in [4.69, 9.17) is 4.74 Å². The lowest BCUT2D eigenvalue weighted by Crippen LogP contribution is -2.49. The summed E-state index contributed by atoms with van der Waals surface area (Å²) in [7, 11) is 2.06. The summed E-state index contributed by atoms with van der Waals surface area (Å²) in [6.07, 6.45) is 3.78. The summed E-state index contributed by atoms with van der Waals surface area (Å²) >= 11 is 0. The van der Waals surface area contributed by atoms with Crippen molar-refractivity contribution in [3.05, 3.63) is 0 Å². The number of ether oxygens (including phenoxy) is 1. The Morgan fingerprint density at radius 2 is 1.88 bits per heavy atom. The molecule has 2 saturated heterocycles. The van der Waals surface area contributed by atoms with Crippen LogP contribution in [0.25, 0.3) is 0 Å². The molecule has 3 fully saturated rings. The molecule has 0 spiro atoms. The van der Waals surface area contributed by atoms with Crippen molar-refractivity contribution in [2.45, 2.75) is 25.4 Å². The number of hydrogen-bond acceptors (Lipinski definition) is 3. The van der Waals surface area contributed by atoms with Gasteiger partial charge in [-0.25, -0.2) is 0 Å². The van der Waals surface area contributed by atoms with Gasteiger partial charge in [0.2, 0.25) is 0 Å². The summed E-state index contributed by atoms with van der Waals surface area (Å²) in [6, 6.07) is 0. The second kappa shape index (κ2) is 4.58. The molecular weight excluding hydrogens is 216 g/mol. The van der Waals surface area contributed by atoms with E-state index in [1.165, 1.54) is 19.3 Å². The molecule has 96 valence electrons. The van der Waals surface area contributed by atoms with Gasteiger partial charge in [0.05, 0.1) is 6.61 Å². The number of amides is 1. The fraction of sp³-hybridized carbons (Fsp3) is 0.923. The fourth-order valence-corrected chi connectivity index (χ4v) is 3.55. The molecule has 3 unspecified atom stereocenters. The van der Waals surface area contributed by atoms with E-state index < -0.39 is 0 Å². The van der Waals surface area contributed by atoms with Crippen LogP contribution in [0.5, 0.6) is 0 Å². The first-order valence-corrected chi connectivity index (χ1v) is 6.83. The van der Waals surface area contributed by atoms with Crippen LogP contribution in [-0.2, 0) is 9.53 Å². The quantitative estimate of drug-likeness (QED) is 0.670. The van der Waals surface area contributed by atoms with Gasteiger partial charge in [-0.2, -0.15) is 0 Å².